The van der Waals surface area contributed by atoms with Crippen LogP contribution in [-0.4, -0.2) is 34.1 Å². The van der Waals surface area contributed by atoms with Crippen LogP contribution in [0.5, 0.6) is 5.75 Å². The van der Waals surface area contributed by atoms with E-state index >= 15 is 0 Å². The molecule has 0 unspecified atom stereocenters. The third-order valence-corrected chi connectivity index (χ3v) is 5.21. The lowest BCUT2D eigenvalue weighted by molar-refractivity contribution is -0.141. The fraction of sp³-hybridized carbons (Fsp3) is 0.423. The van der Waals surface area contributed by atoms with E-state index in [1.807, 2.05) is 38.1 Å². The van der Waals surface area contributed by atoms with E-state index in [0.29, 0.717) is 11.7 Å². The van der Waals surface area contributed by atoms with E-state index in [0.717, 1.165) is 36.0 Å². The minimum absolute atomic E-state index is 0.141. The van der Waals surface area contributed by atoms with Crippen LogP contribution in [0.3, 0.4) is 0 Å². The summed E-state index contributed by atoms with van der Waals surface area (Å²) in [6, 6.07) is 11.2. The van der Waals surface area contributed by atoms with Gasteiger partial charge in [-0.2, -0.15) is 13.2 Å². The maximum atomic E-state index is 12.7. The van der Waals surface area contributed by atoms with Crippen LogP contribution in [0.2, 0.25) is 0 Å². The highest BCUT2D eigenvalue weighted by atomic mass is 19.4. The summed E-state index contributed by atoms with van der Waals surface area (Å²) in [6.45, 7) is 5.36. The van der Waals surface area contributed by atoms with Crippen molar-refractivity contribution >= 4 is 5.97 Å². The SMILES string of the molecule is CC.COC(C)=O.FC(F)(F)c1cnc(-c2ccc(-c3ccc(OC4CCCCC4)cc3)nc2)[nH]1. The number of nitrogens with zero attached hydrogens (tertiary/aromatic N) is 2. The van der Waals surface area contributed by atoms with Crippen LogP contribution in [0.1, 0.15) is 58.6 Å². The molecule has 0 amide bonds. The Kier molecular flexibility index (Phi) is 10.8. The molecule has 9 heteroatoms. The van der Waals surface area contributed by atoms with Gasteiger partial charge in [0.05, 0.1) is 25.1 Å². The predicted octanol–water partition coefficient (Wildman–Crippen LogP) is 7.07. The standard InChI is InChI=1S/C21H20F3N3O.C3H6O2.C2H6/c22-21(23,24)19-13-26-20(27-19)15-8-11-18(25-12-15)14-6-9-17(10-7-14)28-16-4-2-1-3-5-16;1-3(4)5-2;1-2/h6-13,16H,1-5H2,(H,26,27);1-2H3;1-2H3. The van der Waals surface area contributed by atoms with Gasteiger partial charge in [0.15, 0.2) is 0 Å². The van der Waals surface area contributed by atoms with Gasteiger partial charge in [-0.15, -0.1) is 0 Å². The monoisotopic (exact) mass is 491 g/mol. The summed E-state index contributed by atoms with van der Waals surface area (Å²) in [5, 5.41) is 0. The van der Waals surface area contributed by atoms with E-state index in [1.54, 1.807) is 12.1 Å². The number of imidazole rings is 1. The van der Waals surface area contributed by atoms with E-state index in [9.17, 15) is 18.0 Å². The number of pyridine rings is 1. The van der Waals surface area contributed by atoms with Gasteiger partial charge in [0, 0.05) is 24.2 Å². The number of rotatable bonds is 4. The molecule has 0 atom stereocenters. The lowest BCUT2D eigenvalue weighted by Gasteiger charge is -2.23. The predicted molar refractivity (Wildman–Crippen MR) is 129 cm³/mol. The summed E-state index contributed by atoms with van der Waals surface area (Å²) in [4.78, 5) is 20.0. The number of ether oxygens (including phenoxy) is 2. The topological polar surface area (TPSA) is 77.1 Å². The highest BCUT2D eigenvalue weighted by molar-refractivity contribution is 5.65. The van der Waals surface area contributed by atoms with E-state index in [1.165, 1.54) is 39.5 Å². The van der Waals surface area contributed by atoms with Crippen LogP contribution >= 0.6 is 0 Å². The molecule has 1 aliphatic carbocycles. The second kappa shape index (κ2) is 13.5. The minimum Gasteiger partial charge on any atom is -0.490 e. The van der Waals surface area contributed by atoms with E-state index in [4.69, 9.17) is 4.74 Å². The van der Waals surface area contributed by atoms with Crippen LogP contribution < -0.4 is 4.74 Å². The molecule has 0 spiro atoms. The number of methoxy groups -OCH3 is 1. The first-order chi connectivity index (χ1) is 16.8. The van der Waals surface area contributed by atoms with Crippen LogP contribution in [0, 0.1) is 0 Å². The van der Waals surface area contributed by atoms with Gasteiger partial charge in [-0.3, -0.25) is 9.78 Å². The third kappa shape index (κ3) is 8.73. The highest BCUT2D eigenvalue weighted by Crippen LogP contribution is 2.30. The van der Waals surface area contributed by atoms with Crippen molar-refractivity contribution in [2.24, 2.45) is 0 Å². The van der Waals surface area contributed by atoms with Gasteiger partial charge in [0.25, 0.3) is 0 Å². The number of hydrogen-bond acceptors (Lipinski definition) is 5. The molecule has 1 fully saturated rings. The molecule has 190 valence electrons. The molecule has 3 aromatic rings. The molecule has 0 bridgehead atoms. The molecule has 2 aromatic heterocycles. The maximum absolute atomic E-state index is 12.7. The van der Waals surface area contributed by atoms with Gasteiger partial charge in [0.2, 0.25) is 0 Å². The molecule has 2 heterocycles. The zero-order chi connectivity index (χ0) is 25.8. The van der Waals surface area contributed by atoms with Crippen LogP contribution in [0.4, 0.5) is 13.2 Å². The molecular weight excluding hydrogens is 459 g/mol. The van der Waals surface area contributed by atoms with Crippen molar-refractivity contribution in [3.8, 4) is 28.4 Å². The second-order valence-corrected chi connectivity index (χ2v) is 7.67. The van der Waals surface area contributed by atoms with E-state index < -0.39 is 11.9 Å². The van der Waals surface area contributed by atoms with Crippen molar-refractivity contribution in [1.82, 2.24) is 15.0 Å². The lowest BCUT2D eigenvalue weighted by atomic mass is 9.98. The summed E-state index contributed by atoms with van der Waals surface area (Å²) >= 11 is 0. The van der Waals surface area contributed by atoms with Gasteiger partial charge in [0.1, 0.15) is 17.3 Å². The quantitative estimate of drug-likeness (QED) is 0.395. The molecule has 0 aliphatic heterocycles. The molecule has 4 rings (SSSR count). The van der Waals surface area contributed by atoms with E-state index in [2.05, 4.69) is 19.7 Å². The summed E-state index contributed by atoms with van der Waals surface area (Å²) in [5.41, 5.74) is 1.27. The number of aromatic amines is 1. The Labute approximate surface area is 203 Å². The van der Waals surface area contributed by atoms with Crippen molar-refractivity contribution in [2.75, 3.05) is 7.11 Å². The van der Waals surface area contributed by atoms with E-state index in [-0.39, 0.29) is 11.8 Å². The third-order valence-electron chi connectivity index (χ3n) is 5.21. The van der Waals surface area contributed by atoms with Gasteiger partial charge in [-0.05, 0) is 62.1 Å². The Morgan fingerprint density at radius 2 is 1.54 bits per heavy atom. The second-order valence-electron chi connectivity index (χ2n) is 7.67. The normalized spacial score (nSPS) is 13.6. The highest BCUT2D eigenvalue weighted by Gasteiger charge is 2.33. The van der Waals surface area contributed by atoms with Gasteiger partial charge < -0.3 is 14.5 Å². The molecular formula is C26H32F3N3O3. The number of halogens is 3. The average molecular weight is 492 g/mol. The average Bonchev–Trinajstić information content (AvgIpc) is 3.38. The number of esters is 1. The van der Waals surface area contributed by atoms with Crippen molar-refractivity contribution in [1.29, 1.82) is 0 Å². The Balaban J connectivity index is 0.000000551. The molecule has 0 saturated heterocycles. The fourth-order valence-corrected chi connectivity index (χ4v) is 3.40. The first kappa shape index (κ1) is 27.9. The van der Waals surface area contributed by atoms with Crippen LogP contribution in [0.15, 0.2) is 48.8 Å². The summed E-state index contributed by atoms with van der Waals surface area (Å²) < 4.78 is 48.2. The van der Waals surface area contributed by atoms with Gasteiger partial charge >= 0.3 is 12.1 Å². The number of H-pyrrole nitrogens is 1. The number of alkyl halides is 3. The number of nitrogens with one attached hydrogen (secondary N) is 1. The molecule has 1 aliphatic rings. The molecule has 35 heavy (non-hydrogen) atoms. The Hall–Kier alpha value is -3.36. The smallest absolute Gasteiger partial charge is 0.432 e. The van der Waals surface area contributed by atoms with Gasteiger partial charge in [-0.1, -0.05) is 20.3 Å². The maximum Gasteiger partial charge on any atom is 0.432 e. The summed E-state index contributed by atoms with van der Waals surface area (Å²) in [5.74, 6) is 0.746. The van der Waals surface area contributed by atoms with Crippen LogP contribution in [0.25, 0.3) is 22.6 Å². The minimum atomic E-state index is -4.44. The largest absolute Gasteiger partial charge is 0.490 e. The Morgan fingerprint density at radius 1 is 0.943 bits per heavy atom. The first-order valence-electron chi connectivity index (χ1n) is 11.7. The van der Waals surface area contributed by atoms with Crippen molar-refractivity contribution in [2.45, 2.75) is 65.2 Å². The lowest BCUT2D eigenvalue weighted by Crippen LogP contribution is -2.19. The zero-order valence-corrected chi connectivity index (χ0v) is 20.5. The summed E-state index contributed by atoms with van der Waals surface area (Å²) in [6.07, 6.45) is 4.09. The number of benzene rings is 1. The van der Waals surface area contributed by atoms with Crippen molar-refractivity contribution < 1.29 is 27.4 Å². The number of aromatic nitrogens is 3. The van der Waals surface area contributed by atoms with Crippen LogP contribution in [-0.2, 0) is 15.7 Å². The van der Waals surface area contributed by atoms with Crippen molar-refractivity contribution in [3.63, 3.8) is 0 Å². The Bertz CT molecular complexity index is 1030. The van der Waals surface area contributed by atoms with Crippen molar-refractivity contribution in [3.05, 3.63) is 54.5 Å². The van der Waals surface area contributed by atoms with Gasteiger partial charge in [-0.25, -0.2) is 4.98 Å². The molecule has 1 saturated carbocycles. The molecule has 1 N–H and O–H groups in total. The summed E-state index contributed by atoms with van der Waals surface area (Å²) in [7, 11) is 1.35. The fourth-order valence-electron chi connectivity index (χ4n) is 3.40. The molecule has 0 radical (unpaired) electrons. The number of hydrogen-bond donors (Lipinski definition) is 1. The number of carbonyl (C=O) groups excluding carboxylic acids is 1. The first-order valence-corrected chi connectivity index (χ1v) is 11.7. The number of carbonyl (C=O) groups is 1. The zero-order valence-electron chi connectivity index (χ0n) is 20.5. The molecule has 1 aromatic carbocycles. The Morgan fingerprint density at radius 3 is 2.03 bits per heavy atom. The molecule has 6 nitrogen and oxygen atoms in total.